The molecule has 0 radical (unpaired) electrons. The van der Waals surface area contributed by atoms with Crippen LogP contribution in [0.4, 0.5) is 0 Å². The second-order valence-electron chi connectivity index (χ2n) is 2.13. The average Bonchev–Trinajstić information content (AvgIpc) is 1.97. The molecule has 0 unspecified atom stereocenters. The fourth-order valence-electron chi connectivity index (χ4n) is 0.506. The van der Waals surface area contributed by atoms with E-state index in [0.29, 0.717) is 6.29 Å². The lowest BCUT2D eigenvalue weighted by Gasteiger charge is -1.97. The molecule has 4 heteroatoms. The number of rotatable bonds is 5. The molecular formula is C8H10O4. The Morgan fingerprint density at radius 3 is 2.58 bits per heavy atom. The van der Waals surface area contributed by atoms with Crippen molar-refractivity contribution in [3.63, 3.8) is 0 Å². The van der Waals surface area contributed by atoms with Gasteiger partial charge in [-0.1, -0.05) is 0 Å². The van der Waals surface area contributed by atoms with E-state index in [1.807, 2.05) is 0 Å². The predicted octanol–water partition coefficient (Wildman–Crippen LogP) is 0.264. The minimum absolute atomic E-state index is 0.0326. The number of ketones is 1. The van der Waals surface area contributed by atoms with E-state index in [0.717, 1.165) is 0 Å². The number of esters is 1. The van der Waals surface area contributed by atoms with Crippen LogP contribution in [0.15, 0.2) is 12.2 Å². The zero-order valence-corrected chi connectivity index (χ0v) is 6.78. The lowest BCUT2D eigenvalue weighted by atomic mass is 10.3. The quantitative estimate of drug-likeness (QED) is 0.257. The molecule has 0 N–H and O–H groups in total. The Balaban J connectivity index is 3.50. The Morgan fingerprint density at radius 1 is 1.42 bits per heavy atom. The standard InChI is InChI=1S/C8H10O4/c1-7(10)6-8(11)12-5-3-2-4-9/h2-4H,5-6H2,1H3/b3-2+. The third kappa shape index (κ3) is 6.67. The molecule has 0 bridgehead atoms. The van der Waals surface area contributed by atoms with Gasteiger partial charge in [-0.15, -0.1) is 0 Å². The number of ether oxygens (including phenoxy) is 1. The normalized spacial score (nSPS) is 9.75. The van der Waals surface area contributed by atoms with Crippen LogP contribution in [-0.2, 0) is 19.1 Å². The largest absolute Gasteiger partial charge is 0.461 e. The van der Waals surface area contributed by atoms with Gasteiger partial charge in [0.1, 0.15) is 25.1 Å². The summed E-state index contributed by atoms with van der Waals surface area (Å²) in [5.41, 5.74) is 0. The monoisotopic (exact) mass is 170 g/mol. The van der Waals surface area contributed by atoms with Crippen LogP contribution in [0.1, 0.15) is 13.3 Å². The average molecular weight is 170 g/mol. The van der Waals surface area contributed by atoms with Gasteiger partial charge >= 0.3 is 5.97 Å². The molecular weight excluding hydrogens is 160 g/mol. The van der Waals surface area contributed by atoms with E-state index < -0.39 is 5.97 Å². The summed E-state index contributed by atoms with van der Waals surface area (Å²) in [5.74, 6) is -0.808. The Kier molecular flexibility index (Phi) is 5.51. The third-order valence-electron chi connectivity index (χ3n) is 0.948. The van der Waals surface area contributed by atoms with Gasteiger partial charge in [0, 0.05) is 0 Å². The minimum Gasteiger partial charge on any atom is -0.461 e. The molecule has 0 rings (SSSR count). The molecule has 4 nitrogen and oxygen atoms in total. The van der Waals surface area contributed by atoms with E-state index in [9.17, 15) is 14.4 Å². The number of hydrogen-bond donors (Lipinski definition) is 0. The second kappa shape index (κ2) is 6.27. The van der Waals surface area contributed by atoms with Gasteiger partial charge in [-0.05, 0) is 19.1 Å². The van der Waals surface area contributed by atoms with E-state index in [2.05, 4.69) is 4.74 Å². The lowest BCUT2D eigenvalue weighted by molar-refractivity contribution is -0.144. The van der Waals surface area contributed by atoms with Crippen LogP contribution < -0.4 is 0 Å². The molecule has 0 aromatic carbocycles. The number of carbonyl (C=O) groups excluding carboxylic acids is 3. The Hall–Kier alpha value is -1.45. The number of hydrogen-bond acceptors (Lipinski definition) is 4. The molecule has 0 atom stereocenters. The number of allylic oxidation sites excluding steroid dienone is 1. The molecule has 66 valence electrons. The third-order valence-corrected chi connectivity index (χ3v) is 0.948. The maximum absolute atomic E-state index is 10.7. The summed E-state index contributed by atoms with van der Waals surface area (Å²) >= 11 is 0. The summed E-state index contributed by atoms with van der Waals surface area (Å²) in [6.07, 6.45) is 2.99. The molecule has 12 heavy (non-hydrogen) atoms. The first-order valence-electron chi connectivity index (χ1n) is 3.42. The zero-order chi connectivity index (χ0) is 9.40. The van der Waals surface area contributed by atoms with E-state index in [4.69, 9.17) is 0 Å². The van der Waals surface area contributed by atoms with Crippen LogP contribution in [0.3, 0.4) is 0 Å². The summed E-state index contributed by atoms with van der Waals surface area (Å²) in [7, 11) is 0. The van der Waals surface area contributed by atoms with Crippen molar-refractivity contribution in [2.45, 2.75) is 13.3 Å². The van der Waals surface area contributed by atoms with E-state index >= 15 is 0 Å². The Bertz CT molecular complexity index is 205. The van der Waals surface area contributed by atoms with E-state index in [-0.39, 0.29) is 18.8 Å². The topological polar surface area (TPSA) is 60.4 Å². The summed E-state index contributed by atoms with van der Waals surface area (Å²) < 4.78 is 4.55. The van der Waals surface area contributed by atoms with Gasteiger partial charge in [-0.3, -0.25) is 14.4 Å². The van der Waals surface area contributed by atoms with Crippen molar-refractivity contribution in [1.82, 2.24) is 0 Å². The highest BCUT2D eigenvalue weighted by molar-refractivity contribution is 5.94. The lowest BCUT2D eigenvalue weighted by Crippen LogP contribution is -2.08. The summed E-state index contributed by atoms with van der Waals surface area (Å²) in [6, 6.07) is 0. The molecule has 0 aliphatic rings. The van der Waals surface area contributed by atoms with Crippen molar-refractivity contribution in [3.05, 3.63) is 12.2 Å². The molecule has 0 saturated heterocycles. The van der Waals surface area contributed by atoms with E-state index in [1.54, 1.807) is 0 Å². The SMILES string of the molecule is CC(=O)CC(=O)OC/C=C/C=O. The van der Waals surface area contributed by atoms with Crippen molar-refractivity contribution in [2.75, 3.05) is 6.61 Å². The van der Waals surface area contributed by atoms with Gasteiger partial charge in [-0.25, -0.2) is 0 Å². The van der Waals surface area contributed by atoms with Crippen LogP contribution in [0, 0.1) is 0 Å². The van der Waals surface area contributed by atoms with Crippen LogP contribution in [0.25, 0.3) is 0 Å². The van der Waals surface area contributed by atoms with Crippen molar-refractivity contribution >= 4 is 18.0 Å². The molecule has 0 fully saturated rings. The van der Waals surface area contributed by atoms with Crippen molar-refractivity contribution in [3.8, 4) is 0 Å². The first-order valence-corrected chi connectivity index (χ1v) is 3.42. The van der Waals surface area contributed by atoms with Gasteiger partial charge in [0.05, 0.1) is 0 Å². The van der Waals surface area contributed by atoms with Gasteiger partial charge in [0.25, 0.3) is 0 Å². The van der Waals surface area contributed by atoms with Crippen LogP contribution in [0.2, 0.25) is 0 Å². The Labute approximate surface area is 70.2 Å². The van der Waals surface area contributed by atoms with Gasteiger partial charge in [-0.2, -0.15) is 0 Å². The molecule has 0 aromatic rings. The first kappa shape index (κ1) is 10.6. The molecule has 0 saturated carbocycles. The number of Topliss-reactive ketones (excluding diaryl/α,β-unsaturated/α-hetero) is 1. The van der Waals surface area contributed by atoms with Crippen LogP contribution >= 0.6 is 0 Å². The van der Waals surface area contributed by atoms with E-state index in [1.165, 1.54) is 19.1 Å². The molecule has 0 aliphatic carbocycles. The Morgan fingerprint density at radius 2 is 2.08 bits per heavy atom. The molecule has 0 amide bonds. The fourth-order valence-corrected chi connectivity index (χ4v) is 0.506. The van der Waals surface area contributed by atoms with Crippen molar-refractivity contribution in [1.29, 1.82) is 0 Å². The summed E-state index contributed by atoms with van der Waals surface area (Å²) in [5, 5.41) is 0. The predicted molar refractivity (Wildman–Crippen MR) is 41.5 cm³/mol. The minimum atomic E-state index is -0.571. The van der Waals surface area contributed by atoms with Crippen molar-refractivity contribution < 1.29 is 19.1 Å². The first-order chi connectivity index (χ1) is 5.66. The molecule has 0 spiro atoms. The fraction of sp³-hybridized carbons (Fsp3) is 0.375. The number of carbonyl (C=O) groups is 3. The summed E-state index contributed by atoms with van der Waals surface area (Å²) in [6.45, 7) is 1.34. The molecule has 0 aromatic heterocycles. The van der Waals surface area contributed by atoms with Gasteiger partial charge in [0.15, 0.2) is 0 Å². The van der Waals surface area contributed by atoms with Gasteiger partial charge in [0.2, 0.25) is 0 Å². The maximum atomic E-state index is 10.7. The van der Waals surface area contributed by atoms with Gasteiger partial charge < -0.3 is 4.74 Å². The maximum Gasteiger partial charge on any atom is 0.313 e. The summed E-state index contributed by atoms with van der Waals surface area (Å²) in [4.78, 5) is 30.8. The smallest absolute Gasteiger partial charge is 0.313 e. The van der Waals surface area contributed by atoms with Crippen LogP contribution in [-0.4, -0.2) is 24.6 Å². The molecule has 0 aliphatic heterocycles. The highest BCUT2D eigenvalue weighted by Gasteiger charge is 2.03. The second-order valence-corrected chi connectivity index (χ2v) is 2.13. The van der Waals surface area contributed by atoms with Crippen LogP contribution in [0.5, 0.6) is 0 Å². The highest BCUT2D eigenvalue weighted by atomic mass is 16.5. The highest BCUT2D eigenvalue weighted by Crippen LogP contribution is 1.87. The number of aldehydes is 1. The molecule has 0 heterocycles. The van der Waals surface area contributed by atoms with Crippen molar-refractivity contribution in [2.24, 2.45) is 0 Å². The zero-order valence-electron chi connectivity index (χ0n) is 6.78.